The zero-order valence-electron chi connectivity index (χ0n) is 10.2. The molecule has 19 heavy (non-hydrogen) atoms. The number of anilines is 1. The lowest BCUT2D eigenvalue weighted by molar-refractivity contribution is -0.402. The van der Waals surface area contributed by atoms with Gasteiger partial charge >= 0.3 is 5.88 Å². The third kappa shape index (κ3) is 2.72. The van der Waals surface area contributed by atoms with Gasteiger partial charge in [0.05, 0.1) is 23.9 Å². The summed E-state index contributed by atoms with van der Waals surface area (Å²) in [5.41, 5.74) is 2.11. The maximum absolute atomic E-state index is 10.5. The van der Waals surface area contributed by atoms with Crippen molar-refractivity contribution in [2.75, 3.05) is 5.32 Å². The number of nitrogens with one attached hydrogen (secondary N) is 1. The third-order valence-electron chi connectivity index (χ3n) is 2.67. The normalized spacial score (nSPS) is 9.89. The van der Waals surface area contributed by atoms with Crippen molar-refractivity contribution < 1.29 is 9.34 Å². The van der Waals surface area contributed by atoms with Crippen molar-refractivity contribution >= 4 is 11.6 Å². The van der Waals surface area contributed by atoms with Crippen molar-refractivity contribution in [3.8, 4) is 6.07 Å². The van der Waals surface area contributed by atoms with Crippen LogP contribution in [0.5, 0.6) is 0 Å². The van der Waals surface area contributed by atoms with Crippen LogP contribution in [0.3, 0.4) is 0 Å². The summed E-state index contributed by atoms with van der Waals surface area (Å²) in [7, 11) is 0. The molecule has 0 radical (unpaired) electrons. The molecular formula is C13H11N3O3. The number of rotatable bonds is 4. The minimum absolute atomic E-state index is 0.284. The highest BCUT2D eigenvalue weighted by atomic mass is 16.6. The lowest BCUT2D eigenvalue weighted by atomic mass is 10.1. The molecule has 0 unspecified atom stereocenters. The van der Waals surface area contributed by atoms with Crippen LogP contribution in [0.25, 0.3) is 0 Å². The Morgan fingerprint density at radius 2 is 2.21 bits per heavy atom. The summed E-state index contributed by atoms with van der Waals surface area (Å²) >= 11 is 0. The van der Waals surface area contributed by atoms with Gasteiger partial charge in [-0.1, -0.05) is 12.1 Å². The van der Waals surface area contributed by atoms with Crippen LogP contribution in [0.2, 0.25) is 0 Å². The van der Waals surface area contributed by atoms with Crippen LogP contribution in [0.15, 0.2) is 34.7 Å². The molecule has 0 saturated heterocycles. The number of nitriles is 1. The Bertz CT molecular complexity index is 655. The van der Waals surface area contributed by atoms with Crippen molar-refractivity contribution in [2.24, 2.45) is 0 Å². The Morgan fingerprint density at radius 1 is 1.42 bits per heavy atom. The van der Waals surface area contributed by atoms with E-state index in [0.717, 1.165) is 5.56 Å². The number of benzene rings is 1. The second-order valence-corrected chi connectivity index (χ2v) is 3.96. The molecule has 2 rings (SSSR count). The minimum Gasteiger partial charge on any atom is -0.404 e. The molecule has 0 amide bonds. The van der Waals surface area contributed by atoms with Gasteiger partial charge in [0.1, 0.15) is 16.8 Å². The molecular weight excluding hydrogens is 246 g/mol. The SMILES string of the molecule is Cc1cccc(NCc2ccc([N+](=O)[O-])o2)c1C#N. The number of furan rings is 1. The first-order valence-corrected chi connectivity index (χ1v) is 5.58. The molecule has 0 fully saturated rings. The molecule has 0 aliphatic rings. The Hall–Kier alpha value is -2.81. The van der Waals surface area contributed by atoms with E-state index in [4.69, 9.17) is 9.68 Å². The lowest BCUT2D eigenvalue weighted by Gasteiger charge is -2.08. The van der Waals surface area contributed by atoms with Crippen LogP contribution < -0.4 is 5.32 Å². The molecule has 0 bridgehead atoms. The molecule has 0 saturated carbocycles. The molecule has 6 nitrogen and oxygen atoms in total. The average molecular weight is 257 g/mol. The van der Waals surface area contributed by atoms with Crippen LogP contribution in [-0.2, 0) is 6.54 Å². The maximum Gasteiger partial charge on any atom is 0.433 e. The minimum atomic E-state index is -0.586. The van der Waals surface area contributed by atoms with Crippen LogP contribution in [0.1, 0.15) is 16.9 Å². The Kier molecular flexibility index (Phi) is 3.48. The van der Waals surface area contributed by atoms with Crippen molar-refractivity contribution in [1.29, 1.82) is 5.26 Å². The summed E-state index contributed by atoms with van der Waals surface area (Å²) in [6.07, 6.45) is 0. The van der Waals surface area contributed by atoms with Crippen molar-refractivity contribution in [3.05, 3.63) is 57.3 Å². The van der Waals surface area contributed by atoms with Crippen LogP contribution in [-0.4, -0.2) is 4.92 Å². The summed E-state index contributed by atoms with van der Waals surface area (Å²) in [5.74, 6) is 0.152. The first-order valence-electron chi connectivity index (χ1n) is 5.58. The second kappa shape index (κ2) is 5.23. The van der Waals surface area contributed by atoms with Gasteiger partial charge in [-0.05, 0) is 24.6 Å². The number of hydrogen-bond donors (Lipinski definition) is 1. The summed E-state index contributed by atoms with van der Waals surface area (Å²) in [6, 6.07) is 10.4. The highest BCUT2D eigenvalue weighted by Crippen LogP contribution is 2.21. The number of nitrogens with zero attached hydrogens (tertiary/aromatic N) is 2. The monoisotopic (exact) mass is 257 g/mol. The zero-order valence-corrected chi connectivity index (χ0v) is 10.2. The summed E-state index contributed by atoms with van der Waals surface area (Å²) < 4.78 is 5.03. The third-order valence-corrected chi connectivity index (χ3v) is 2.67. The number of aryl methyl sites for hydroxylation is 1. The molecule has 1 N–H and O–H groups in total. The molecule has 1 aromatic heterocycles. The van der Waals surface area contributed by atoms with E-state index in [9.17, 15) is 10.1 Å². The molecule has 1 aromatic carbocycles. The van der Waals surface area contributed by atoms with Crippen molar-refractivity contribution in [1.82, 2.24) is 0 Å². The van der Waals surface area contributed by atoms with Gasteiger partial charge in [-0.2, -0.15) is 5.26 Å². The first-order chi connectivity index (χ1) is 9.11. The molecule has 6 heteroatoms. The van der Waals surface area contributed by atoms with Gasteiger partial charge in [0.15, 0.2) is 0 Å². The molecule has 2 aromatic rings. The lowest BCUT2D eigenvalue weighted by Crippen LogP contribution is -2.01. The quantitative estimate of drug-likeness (QED) is 0.671. The highest BCUT2D eigenvalue weighted by Gasteiger charge is 2.12. The Labute approximate surface area is 109 Å². The highest BCUT2D eigenvalue weighted by molar-refractivity contribution is 5.60. The molecule has 96 valence electrons. The zero-order chi connectivity index (χ0) is 13.8. The van der Waals surface area contributed by atoms with Gasteiger partial charge in [-0.25, -0.2) is 0 Å². The van der Waals surface area contributed by atoms with Crippen LogP contribution >= 0.6 is 0 Å². The fourth-order valence-electron chi connectivity index (χ4n) is 1.71. The van der Waals surface area contributed by atoms with Gasteiger partial charge in [-0.3, -0.25) is 10.1 Å². The van der Waals surface area contributed by atoms with E-state index in [-0.39, 0.29) is 12.4 Å². The van der Waals surface area contributed by atoms with E-state index in [2.05, 4.69) is 11.4 Å². The Balaban J connectivity index is 2.12. The summed E-state index contributed by atoms with van der Waals surface area (Å²) in [5, 5.41) is 22.6. The van der Waals surface area contributed by atoms with Gasteiger partial charge in [0.2, 0.25) is 0 Å². The molecule has 0 aliphatic heterocycles. The van der Waals surface area contributed by atoms with E-state index in [1.165, 1.54) is 12.1 Å². The summed E-state index contributed by atoms with van der Waals surface area (Å²) in [4.78, 5) is 9.90. The molecule has 0 atom stereocenters. The number of hydrogen-bond acceptors (Lipinski definition) is 5. The molecule has 1 heterocycles. The van der Waals surface area contributed by atoms with Gasteiger partial charge in [-0.15, -0.1) is 0 Å². The van der Waals surface area contributed by atoms with Gasteiger partial charge < -0.3 is 9.73 Å². The fourth-order valence-corrected chi connectivity index (χ4v) is 1.71. The van der Waals surface area contributed by atoms with Crippen molar-refractivity contribution in [3.63, 3.8) is 0 Å². The van der Waals surface area contributed by atoms with Crippen LogP contribution in [0, 0.1) is 28.4 Å². The van der Waals surface area contributed by atoms with E-state index < -0.39 is 4.92 Å². The maximum atomic E-state index is 10.5. The van der Waals surface area contributed by atoms with E-state index in [1.54, 1.807) is 6.07 Å². The van der Waals surface area contributed by atoms with Gasteiger partial charge in [0.25, 0.3) is 0 Å². The van der Waals surface area contributed by atoms with Gasteiger partial charge in [0, 0.05) is 0 Å². The largest absolute Gasteiger partial charge is 0.433 e. The van der Waals surface area contributed by atoms with Crippen LogP contribution in [0.4, 0.5) is 11.6 Å². The molecule has 0 aliphatic carbocycles. The molecule has 0 spiro atoms. The topological polar surface area (TPSA) is 92.1 Å². The first kappa shape index (κ1) is 12.6. The van der Waals surface area contributed by atoms with E-state index in [1.807, 2.05) is 19.1 Å². The predicted octanol–water partition coefficient (Wildman–Crippen LogP) is 2.98. The van der Waals surface area contributed by atoms with E-state index >= 15 is 0 Å². The fraction of sp³-hybridized carbons (Fsp3) is 0.154. The predicted molar refractivity (Wildman–Crippen MR) is 68.6 cm³/mol. The van der Waals surface area contributed by atoms with Crippen molar-refractivity contribution in [2.45, 2.75) is 13.5 Å². The van der Waals surface area contributed by atoms with E-state index in [0.29, 0.717) is 17.0 Å². The standard InChI is InChI=1S/C13H11N3O3/c1-9-3-2-4-12(11(9)7-14)15-8-10-5-6-13(19-10)16(17)18/h2-6,15H,8H2,1H3. The smallest absolute Gasteiger partial charge is 0.404 e. The Morgan fingerprint density at radius 3 is 2.84 bits per heavy atom. The second-order valence-electron chi connectivity index (χ2n) is 3.96. The number of nitro groups is 1. The summed E-state index contributed by atoms with van der Waals surface area (Å²) in [6.45, 7) is 2.13. The average Bonchev–Trinajstić information content (AvgIpc) is 2.85.